The third-order valence-corrected chi connectivity index (χ3v) is 4.42. The summed E-state index contributed by atoms with van der Waals surface area (Å²) >= 11 is 0. The van der Waals surface area contributed by atoms with Crippen LogP contribution in [0.4, 0.5) is 0 Å². The second-order valence-electron chi connectivity index (χ2n) is 3.34. The van der Waals surface area contributed by atoms with E-state index >= 15 is 0 Å². The van der Waals surface area contributed by atoms with Gasteiger partial charge >= 0.3 is 9.28 Å². The molecular weight excluding hydrogens is 192 g/mol. The van der Waals surface area contributed by atoms with Crippen LogP contribution >= 0.6 is 0 Å². The fraction of sp³-hybridized carbons (Fsp3) is 0.636. The van der Waals surface area contributed by atoms with Crippen LogP contribution in [0.3, 0.4) is 0 Å². The molecule has 0 N–H and O–H groups in total. The second-order valence-corrected chi connectivity index (χ2v) is 5.44. The average Bonchev–Trinajstić information content (AvgIpc) is 2.67. The SMILES string of the molecule is CCO[SiH](CCC1=CC=CC1)OCC. The highest BCUT2D eigenvalue weighted by molar-refractivity contribution is 6.44. The molecule has 0 amide bonds. The minimum atomic E-state index is -1.36. The topological polar surface area (TPSA) is 18.5 Å². The summed E-state index contributed by atoms with van der Waals surface area (Å²) < 4.78 is 11.2. The van der Waals surface area contributed by atoms with E-state index in [2.05, 4.69) is 18.2 Å². The summed E-state index contributed by atoms with van der Waals surface area (Å²) in [5, 5.41) is 0. The summed E-state index contributed by atoms with van der Waals surface area (Å²) in [6, 6.07) is 1.11. The molecule has 0 radical (unpaired) electrons. The van der Waals surface area contributed by atoms with E-state index in [9.17, 15) is 0 Å². The van der Waals surface area contributed by atoms with E-state index in [0.29, 0.717) is 0 Å². The van der Waals surface area contributed by atoms with Crippen LogP contribution in [0.25, 0.3) is 0 Å². The fourth-order valence-corrected chi connectivity index (χ4v) is 3.35. The van der Waals surface area contributed by atoms with Gasteiger partial charge in [-0.15, -0.1) is 0 Å². The monoisotopic (exact) mass is 212 g/mol. The Kier molecular flexibility index (Phi) is 5.83. The van der Waals surface area contributed by atoms with Gasteiger partial charge in [-0.25, -0.2) is 0 Å². The first-order chi connectivity index (χ1) is 6.86. The first kappa shape index (κ1) is 11.7. The molecule has 0 bridgehead atoms. The highest BCUT2D eigenvalue weighted by atomic mass is 28.3. The zero-order valence-electron chi connectivity index (χ0n) is 9.16. The Labute approximate surface area is 88.5 Å². The molecule has 0 spiro atoms. The standard InChI is InChI=1S/C11H20O2Si/c1-3-12-14(13-4-2)10-9-11-7-5-6-8-11/h5-7,14H,3-4,8-10H2,1-2H3. The van der Waals surface area contributed by atoms with Crippen molar-refractivity contribution in [2.75, 3.05) is 13.2 Å². The molecule has 0 aromatic carbocycles. The third-order valence-electron chi connectivity index (χ3n) is 2.25. The minimum absolute atomic E-state index is 0.786. The van der Waals surface area contributed by atoms with Crippen molar-refractivity contribution >= 4 is 9.28 Å². The van der Waals surface area contributed by atoms with Crippen LogP contribution in [0.1, 0.15) is 26.7 Å². The first-order valence-corrected chi connectivity index (χ1v) is 7.20. The van der Waals surface area contributed by atoms with Crippen molar-refractivity contribution in [3.63, 3.8) is 0 Å². The molecule has 2 nitrogen and oxygen atoms in total. The molecule has 0 atom stereocenters. The molecule has 0 aliphatic heterocycles. The van der Waals surface area contributed by atoms with Gasteiger partial charge in [0.15, 0.2) is 0 Å². The maximum Gasteiger partial charge on any atom is 0.321 e. The lowest BCUT2D eigenvalue weighted by Gasteiger charge is -2.14. The number of allylic oxidation sites excluding steroid dienone is 4. The van der Waals surface area contributed by atoms with Crippen molar-refractivity contribution < 1.29 is 8.85 Å². The van der Waals surface area contributed by atoms with Gasteiger partial charge in [0.25, 0.3) is 0 Å². The number of rotatable bonds is 7. The zero-order chi connectivity index (χ0) is 10.2. The maximum atomic E-state index is 5.61. The molecule has 1 aliphatic carbocycles. The van der Waals surface area contributed by atoms with E-state index in [0.717, 1.165) is 32.1 Å². The van der Waals surface area contributed by atoms with E-state index in [4.69, 9.17) is 8.85 Å². The molecule has 0 unspecified atom stereocenters. The van der Waals surface area contributed by atoms with Gasteiger partial charge in [-0.1, -0.05) is 23.8 Å². The Balaban J connectivity index is 2.18. The lowest BCUT2D eigenvalue weighted by atomic mass is 10.2. The van der Waals surface area contributed by atoms with Gasteiger partial charge in [-0.05, 0) is 32.7 Å². The minimum Gasteiger partial charge on any atom is -0.397 e. The van der Waals surface area contributed by atoms with Gasteiger partial charge in [0.05, 0.1) is 0 Å². The highest BCUT2D eigenvalue weighted by Crippen LogP contribution is 2.18. The predicted molar refractivity (Wildman–Crippen MR) is 61.7 cm³/mol. The molecule has 80 valence electrons. The summed E-state index contributed by atoms with van der Waals surface area (Å²) in [4.78, 5) is 0. The quantitative estimate of drug-likeness (QED) is 0.604. The average molecular weight is 212 g/mol. The van der Waals surface area contributed by atoms with E-state index in [1.165, 1.54) is 5.57 Å². The molecule has 3 heteroatoms. The largest absolute Gasteiger partial charge is 0.397 e. The van der Waals surface area contributed by atoms with Crippen molar-refractivity contribution in [1.29, 1.82) is 0 Å². The Morgan fingerprint density at radius 2 is 2.00 bits per heavy atom. The lowest BCUT2D eigenvalue weighted by molar-refractivity contribution is 0.213. The Morgan fingerprint density at radius 3 is 2.50 bits per heavy atom. The second kappa shape index (κ2) is 6.98. The fourth-order valence-electron chi connectivity index (χ4n) is 1.57. The summed E-state index contributed by atoms with van der Waals surface area (Å²) in [6.07, 6.45) is 8.81. The van der Waals surface area contributed by atoms with Gasteiger partial charge in [0.2, 0.25) is 0 Å². The van der Waals surface area contributed by atoms with E-state index in [-0.39, 0.29) is 0 Å². The molecule has 14 heavy (non-hydrogen) atoms. The maximum absolute atomic E-state index is 5.61. The normalized spacial score (nSPS) is 15.2. The highest BCUT2D eigenvalue weighted by Gasteiger charge is 2.12. The molecule has 0 saturated heterocycles. The van der Waals surface area contributed by atoms with Crippen LogP contribution in [0, 0.1) is 0 Å². The van der Waals surface area contributed by atoms with Crippen molar-refractivity contribution in [2.24, 2.45) is 0 Å². The molecule has 1 rings (SSSR count). The van der Waals surface area contributed by atoms with E-state index in [1.54, 1.807) is 0 Å². The Bertz CT molecular complexity index is 205. The van der Waals surface area contributed by atoms with Gasteiger partial charge in [-0.3, -0.25) is 0 Å². The van der Waals surface area contributed by atoms with Crippen molar-refractivity contribution in [3.8, 4) is 0 Å². The van der Waals surface area contributed by atoms with Gasteiger partial charge in [0, 0.05) is 13.2 Å². The first-order valence-electron chi connectivity index (χ1n) is 5.44. The smallest absolute Gasteiger partial charge is 0.321 e. The summed E-state index contributed by atoms with van der Waals surface area (Å²) in [5.41, 5.74) is 1.52. The molecule has 0 saturated carbocycles. The predicted octanol–water partition coefficient (Wildman–Crippen LogP) is 2.56. The Morgan fingerprint density at radius 1 is 1.29 bits per heavy atom. The van der Waals surface area contributed by atoms with Crippen LogP contribution in [0.15, 0.2) is 23.8 Å². The lowest BCUT2D eigenvalue weighted by Crippen LogP contribution is -2.22. The van der Waals surface area contributed by atoms with Gasteiger partial charge in [0.1, 0.15) is 0 Å². The van der Waals surface area contributed by atoms with Crippen LogP contribution < -0.4 is 0 Å². The van der Waals surface area contributed by atoms with Crippen molar-refractivity contribution in [1.82, 2.24) is 0 Å². The molecule has 0 fully saturated rings. The molecule has 0 aromatic heterocycles. The summed E-state index contributed by atoms with van der Waals surface area (Å²) in [5.74, 6) is 0. The summed E-state index contributed by atoms with van der Waals surface area (Å²) in [7, 11) is -1.36. The van der Waals surface area contributed by atoms with Crippen LogP contribution in [0.2, 0.25) is 6.04 Å². The zero-order valence-corrected chi connectivity index (χ0v) is 10.3. The van der Waals surface area contributed by atoms with Crippen LogP contribution in [0.5, 0.6) is 0 Å². The van der Waals surface area contributed by atoms with E-state index < -0.39 is 9.28 Å². The molecule has 0 heterocycles. The van der Waals surface area contributed by atoms with Crippen molar-refractivity contribution in [2.45, 2.75) is 32.7 Å². The molecular formula is C11H20O2Si. The van der Waals surface area contributed by atoms with Crippen molar-refractivity contribution in [3.05, 3.63) is 23.8 Å². The van der Waals surface area contributed by atoms with Crippen LogP contribution in [-0.2, 0) is 8.85 Å². The number of hydrogen-bond donors (Lipinski definition) is 0. The Hall–Kier alpha value is -0.383. The van der Waals surface area contributed by atoms with E-state index in [1.807, 2.05) is 13.8 Å². The number of hydrogen-bond acceptors (Lipinski definition) is 2. The molecule has 1 aliphatic rings. The van der Waals surface area contributed by atoms with Gasteiger partial charge < -0.3 is 8.85 Å². The van der Waals surface area contributed by atoms with Gasteiger partial charge in [-0.2, -0.15) is 0 Å². The van der Waals surface area contributed by atoms with Crippen LogP contribution in [-0.4, -0.2) is 22.5 Å². The molecule has 0 aromatic rings. The third kappa shape index (κ3) is 4.22. The summed E-state index contributed by atoms with van der Waals surface area (Å²) in [6.45, 7) is 5.65.